The predicted octanol–water partition coefficient (Wildman–Crippen LogP) is 2.95. The molecule has 0 aliphatic rings. The van der Waals surface area contributed by atoms with Crippen LogP contribution in [0, 0.1) is 6.92 Å². The van der Waals surface area contributed by atoms with Crippen molar-refractivity contribution in [3.05, 3.63) is 36.4 Å². The molecule has 0 atom stereocenters. The number of aromatic nitrogens is 3. The van der Waals surface area contributed by atoms with Crippen molar-refractivity contribution in [3.63, 3.8) is 0 Å². The van der Waals surface area contributed by atoms with Gasteiger partial charge in [-0.1, -0.05) is 0 Å². The fourth-order valence-electron chi connectivity index (χ4n) is 1.83. The van der Waals surface area contributed by atoms with Crippen molar-refractivity contribution in [3.8, 4) is 5.69 Å². The average molecular weight is 288 g/mol. The Balaban J connectivity index is 2.25. The lowest BCUT2D eigenvalue weighted by Gasteiger charge is -2.24. The molecule has 2 rings (SSSR count). The highest BCUT2D eigenvalue weighted by molar-refractivity contribution is 5.87. The Morgan fingerprint density at radius 1 is 1.38 bits per heavy atom. The normalized spacial score (nSPS) is 11.3. The van der Waals surface area contributed by atoms with E-state index in [9.17, 15) is 4.79 Å². The van der Waals surface area contributed by atoms with E-state index in [1.165, 1.54) is 4.90 Å². The summed E-state index contributed by atoms with van der Waals surface area (Å²) < 4.78 is 7.05. The summed E-state index contributed by atoms with van der Waals surface area (Å²) in [4.78, 5) is 17.6. The maximum Gasteiger partial charge on any atom is 0.414 e. The molecule has 1 amide bonds. The Kier molecular flexibility index (Phi) is 3.97. The third-order valence-electron chi connectivity index (χ3n) is 2.81. The van der Waals surface area contributed by atoms with E-state index in [-0.39, 0.29) is 0 Å². The average Bonchev–Trinajstić information content (AvgIpc) is 2.79. The molecule has 0 N–H and O–H groups in total. The third-order valence-corrected chi connectivity index (χ3v) is 2.81. The number of ether oxygens (including phenoxy) is 1. The number of anilines is 1. The van der Waals surface area contributed by atoms with Crippen molar-refractivity contribution in [2.75, 3.05) is 11.9 Å². The fraction of sp³-hybridized carbons (Fsp3) is 0.400. The molecule has 0 radical (unpaired) electrons. The predicted molar refractivity (Wildman–Crippen MR) is 80.7 cm³/mol. The number of amides is 1. The number of carbonyl (C=O) groups is 1. The summed E-state index contributed by atoms with van der Waals surface area (Å²) in [5, 5.41) is 4.41. The first-order valence-corrected chi connectivity index (χ1v) is 6.71. The summed E-state index contributed by atoms with van der Waals surface area (Å²) in [6.45, 7) is 7.36. The first kappa shape index (κ1) is 15.0. The highest BCUT2D eigenvalue weighted by atomic mass is 16.6. The second-order valence-corrected chi connectivity index (χ2v) is 5.79. The number of carbonyl (C=O) groups excluding carboxylic acids is 1. The number of hydrogen-bond acceptors (Lipinski definition) is 4. The van der Waals surface area contributed by atoms with E-state index in [1.807, 2.05) is 39.8 Å². The van der Waals surface area contributed by atoms with Gasteiger partial charge in [-0.2, -0.15) is 5.10 Å². The lowest BCUT2D eigenvalue weighted by molar-refractivity contribution is 0.0589. The Hall–Kier alpha value is -2.37. The molecule has 0 unspecified atom stereocenters. The van der Waals surface area contributed by atoms with Crippen LogP contribution in [0.5, 0.6) is 0 Å². The smallest absolute Gasteiger partial charge is 0.414 e. The molecule has 0 aliphatic heterocycles. The van der Waals surface area contributed by atoms with Crippen LogP contribution in [0.15, 0.2) is 30.7 Å². The monoisotopic (exact) mass is 288 g/mol. The Morgan fingerprint density at radius 3 is 2.67 bits per heavy atom. The SMILES string of the molecule is Cc1nn(-c2cccnc2)cc1N(C)C(=O)OC(C)(C)C. The molecule has 0 aliphatic carbocycles. The summed E-state index contributed by atoms with van der Waals surface area (Å²) in [6.07, 6.45) is 4.80. The number of rotatable bonds is 2. The summed E-state index contributed by atoms with van der Waals surface area (Å²) in [6, 6.07) is 3.74. The molecule has 6 nitrogen and oxygen atoms in total. The molecule has 2 heterocycles. The topological polar surface area (TPSA) is 60.2 Å². The number of hydrogen-bond donors (Lipinski definition) is 0. The van der Waals surface area contributed by atoms with Crippen molar-refractivity contribution in [2.45, 2.75) is 33.3 Å². The van der Waals surface area contributed by atoms with E-state index < -0.39 is 11.7 Å². The minimum Gasteiger partial charge on any atom is -0.443 e. The van der Waals surface area contributed by atoms with Gasteiger partial charge in [0, 0.05) is 13.2 Å². The first-order valence-electron chi connectivity index (χ1n) is 6.71. The quantitative estimate of drug-likeness (QED) is 0.852. The second kappa shape index (κ2) is 5.55. The van der Waals surface area contributed by atoms with Crippen LogP contribution in [-0.4, -0.2) is 33.5 Å². The summed E-state index contributed by atoms with van der Waals surface area (Å²) in [5.74, 6) is 0. The van der Waals surface area contributed by atoms with Gasteiger partial charge >= 0.3 is 6.09 Å². The van der Waals surface area contributed by atoms with Crippen LogP contribution >= 0.6 is 0 Å². The van der Waals surface area contributed by atoms with Gasteiger partial charge in [-0.05, 0) is 39.8 Å². The van der Waals surface area contributed by atoms with Crippen molar-refractivity contribution < 1.29 is 9.53 Å². The Bertz CT molecular complexity index is 629. The lowest BCUT2D eigenvalue weighted by atomic mass is 10.2. The van der Waals surface area contributed by atoms with Crippen molar-refractivity contribution >= 4 is 11.8 Å². The zero-order valence-electron chi connectivity index (χ0n) is 13.0. The van der Waals surface area contributed by atoms with E-state index in [1.54, 1.807) is 30.3 Å². The van der Waals surface area contributed by atoms with Crippen molar-refractivity contribution in [2.24, 2.45) is 0 Å². The molecule has 0 saturated heterocycles. The molecule has 0 aromatic carbocycles. The Labute approximate surface area is 124 Å². The van der Waals surface area contributed by atoms with Crippen molar-refractivity contribution in [1.29, 1.82) is 0 Å². The van der Waals surface area contributed by atoms with E-state index in [0.717, 1.165) is 11.4 Å². The Morgan fingerprint density at radius 2 is 2.10 bits per heavy atom. The molecule has 0 bridgehead atoms. The van der Waals surface area contributed by atoms with Crippen LogP contribution in [0.2, 0.25) is 0 Å². The summed E-state index contributed by atoms with van der Waals surface area (Å²) in [7, 11) is 1.67. The van der Waals surface area contributed by atoms with Gasteiger partial charge in [0.1, 0.15) is 5.60 Å². The zero-order chi connectivity index (χ0) is 15.6. The summed E-state index contributed by atoms with van der Waals surface area (Å²) >= 11 is 0. The molecule has 0 saturated carbocycles. The van der Waals surface area contributed by atoms with Crippen LogP contribution in [0.3, 0.4) is 0 Å². The van der Waals surface area contributed by atoms with Crippen LogP contribution < -0.4 is 4.90 Å². The summed E-state index contributed by atoms with van der Waals surface area (Å²) in [5.41, 5.74) is 1.75. The van der Waals surface area contributed by atoms with Crippen molar-refractivity contribution in [1.82, 2.24) is 14.8 Å². The molecule has 0 fully saturated rings. The largest absolute Gasteiger partial charge is 0.443 e. The highest BCUT2D eigenvalue weighted by Gasteiger charge is 2.23. The van der Waals surface area contributed by atoms with Gasteiger partial charge < -0.3 is 4.74 Å². The van der Waals surface area contributed by atoms with E-state index in [4.69, 9.17) is 4.74 Å². The molecule has 2 aromatic rings. The number of pyridine rings is 1. The number of aryl methyl sites for hydroxylation is 1. The van der Waals surface area contributed by atoms with Gasteiger partial charge in [0.25, 0.3) is 0 Å². The van der Waals surface area contributed by atoms with Crippen LogP contribution in [0.1, 0.15) is 26.5 Å². The van der Waals surface area contributed by atoms with Gasteiger partial charge in [0.2, 0.25) is 0 Å². The van der Waals surface area contributed by atoms with Crippen LogP contribution in [0.4, 0.5) is 10.5 Å². The zero-order valence-corrected chi connectivity index (χ0v) is 13.0. The third kappa shape index (κ3) is 3.59. The molecular weight excluding hydrogens is 268 g/mol. The van der Waals surface area contributed by atoms with Gasteiger partial charge in [-0.25, -0.2) is 9.48 Å². The maximum absolute atomic E-state index is 12.1. The standard InChI is InChI=1S/C15H20N4O2/c1-11-13(18(5)14(20)21-15(2,3)4)10-19(17-11)12-7-6-8-16-9-12/h6-10H,1-5H3. The number of nitrogens with zero attached hydrogens (tertiary/aromatic N) is 4. The van der Waals surface area contributed by atoms with E-state index in [0.29, 0.717) is 5.69 Å². The van der Waals surface area contributed by atoms with Gasteiger partial charge in [0.15, 0.2) is 0 Å². The molecule has 112 valence electrons. The highest BCUT2D eigenvalue weighted by Crippen LogP contribution is 2.21. The van der Waals surface area contributed by atoms with Gasteiger partial charge in [-0.15, -0.1) is 0 Å². The van der Waals surface area contributed by atoms with Crippen LogP contribution in [0.25, 0.3) is 5.69 Å². The molecule has 6 heteroatoms. The maximum atomic E-state index is 12.1. The minimum absolute atomic E-state index is 0.406. The first-order chi connectivity index (χ1) is 9.78. The molecule has 21 heavy (non-hydrogen) atoms. The van der Waals surface area contributed by atoms with E-state index >= 15 is 0 Å². The lowest BCUT2D eigenvalue weighted by Crippen LogP contribution is -2.34. The molecule has 2 aromatic heterocycles. The molecular formula is C15H20N4O2. The van der Waals surface area contributed by atoms with Crippen LogP contribution in [-0.2, 0) is 4.74 Å². The fourth-order valence-corrected chi connectivity index (χ4v) is 1.83. The van der Waals surface area contributed by atoms with E-state index in [2.05, 4.69) is 10.1 Å². The molecule has 0 spiro atoms. The second-order valence-electron chi connectivity index (χ2n) is 5.79. The van der Waals surface area contributed by atoms with Gasteiger partial charge in [-0.3, -0.25) is 9.88 Å². The van der Waals surface area contributed by atoms with Gasteiger partial charge in [0.05, 0.1) is 29.5 Å². The minimum atomic E-state index is -0.529.